The fourth-order valence-corrected chi connectivity index (χ4v) is 3.42. The molecule has 8 heteroatoms. The number of piperidine rings is 1. The predicted molar refractivity (Wildman–Crippen MR) is 97.6 cm³/mol. The van der Waals surface area contributed by atoms with E-state index < -0.39 is 5.60 Å². The molecule has 1 fully saturated rings. The number of hydrogen-bond donors (Lipinski definition) is 1. The summed E-state index contributed by atoms with van der Waals surface area (Å²) in [7, 11) is 1.74. The highest BCUT2D eigenvalue weighted by Crippen LogP contribution is 2.24. The molecule has 2 aromatic rings. The number of amides is 1. The number of aromatic nitrogens is 4. The van der Waals surface area contributed by atoms with Crippen LogP contribution in [-0.2, 0) is 11.3 Å². The highest BCUT2D eigenvalue weighted by atomic mass is 16.3. The largest absolute Gasteiger partial charge is 0.386 e. The van der Waals surface area contributed by atoms with Crippen molar-refractivity contribution < 1.29 is 9.90 Å². The van der Waals surface area contributed by atoms with Gasteiger partial charge in [0.15, 0.2) is 0 Å². The molecule has 0 aliphatic carbocycles. The van der Waals surface area contributed by atoms with Crippen LogP contribution in [0.3, 0.4) is 0 Å². The smallest absolute Gasteiger partial charge is 0.225 e. The average Bonchev–Trinajstić information content (AvgIpc) is 3.05. The number of carbonyl (C=O) groups is 1. The lowest BCUT2D eigenvalue weighted by molar-refractivity contribution is -0.133. The summed E-state index contributed by atoms with van der Waals surface area (Å²) in [5.74, 6) is 0.621. The molecule has 8 nitrogen and oxygen atoms in total. The van der Waals surface area contributed by atoms with Gasteiger partial charge in [-0.1, -0.05) is 0 Å². The number of anilines is 1. The van der Waals surface area contributed by atoms with Gasteiger partial charge < -0.3 is 14.9 Å². The first-order valence-electron chi connectivity index (χ1n) is 8.94. The number of aryl methyl sites for hydroxylation is 2. The highest BCUT2D eigenvalue weighted by Gasteiger charge is 2.36. The number of hydrogen-bond acceptors (Lipinski definition) is 6. The number of β-amino-alcohol motifs (C(OH)–C–C–N with tert-alkyl or cyclic N) is 1. The third-order valence-electron chi connectivity index (χ3n) is 4.81. The molecule has 0 aromatic carbocycles. The molecule has 140 valence electrons. The molecule has 1 N–H and O–H groups in total. The van der Waals surface area contributed by atoms with E-state index in [1.165, 1.54) is 0 Å². The summed E-state index contributed by atoms with van der Waals surface area (Å²) in [6.07, 6.45) is 6.98. The van der Waals surface area contributed by atoms with Crippen molar-refractivity contribution in [1.82, 2.24) is 24.6 Å². The first-order valence-corrected chi connectivity index (χ1v) is 8.94. The van der Waals surface area contributed by atoms with Gasteiger partial charge in [0, 0.05) is 50.8 Å². The molecule has 3 heterocycles. The average molecular weight is 358 g/mol. The fourth-order valence-electron chi connectivity index (χ4n) is 3.42. The van der Waals surface area contributed by atoms with Gasteiger partial charge >= 0.3 is 0 Å². The summed E-state index contributed by atoms with van der Waals surface area (Å²) in [4.78, 5) is 24.6. The molecule has 1 atom stereocenters. The van der Waals surface area contributed by atoms with Crippen LogP contribution in [-0.4, -0.2) is 67.9 Å². The third kappa shape index (κ3) is 4.37. The second-order valence-electron chi connectivity index (χ2n) is 6.99. The Morgan fingerprint density at radius 1 is 1.35 bits per heavy atom. The van der Waals surface area contributed by atoms with Crippen molar-refractivity contribution in [1.29, 1.82) is 0 Å². The van der Waals surface area contributed by atoms with Crippen molar-refractivity contribution in [3.63, 3.8) is 0 Å². The van der Waals surface area contributed by atoms with E-state index >= 15 is 0 Å². The van der Waals surface area contributed by atoms with Gasteiger partial charge in [0.05, 0.1) is 18.7 Å². The van der Waals surface area contributed by atoms with Crippen LogP contribution in [0.5, 0.6) is 0 Å². The molecule has 3 rings (SSSR count). The molecule has 1 aliphatic rings. The number of rotatable bonds is 6. The Morgan fingerprint density at radius 3 is 2.81 bits per heavy atom. The van der Waals surface area contributed by atoms with Crippen molar-refractivity contribution in [2.24, 2.45) is 0 Å². The fraction of sp³-hybridized carbons (Fsp3) is 0.556. The lowest BCUT2D eigenvalue weighted by atomic mass is 9.92. The highest BCUT2D eigenvalue weighted by molar-refractivity contribution is 5.75. The van der Waals surface area contributed by atoms with Gasteiger partial charge in [-0.2, -0.15) is 5.10 Å². The second kappa shape index (κ2) is 7.82. The van der Waals surface area contributed by atoms with Crippen LogP contribution in [0.2, 0.25) is 0 Å². The van der Waals surface area contributed by atoms with E-state index in [1.807, 2.05) is 22.6 Å². The van der Waals surface area contributed by atoms with Crippen molar-refractivity contribution in [2.45, 2.75) is 38.3 Å². The van der Waals surface area contributed by atoms with E-state index in [2.05, 4.69) is 15.1 Å². The van der Waals surface area contributed by atoms with Crippen LogP contribution in [0.15, 0.2) is 30.7 Å². The monoisotopic (exact) mass is 358 g/mol. The zero-order valence-corrected chi connectivity index (χ0v) is 15.4. The summed E-state index contributed by atoms with van der Waals surface area (Å²) in [5, 5.41) is 15.2. The molecule has 0 radical (unpaired) electrons. The zero-order valence-electron chi connectivity index (χ0n) is 15.4. The molecule has 0 bridgehead atoms. The van der Waals surface area contributed by atoms with Crippen molar-refractivity contribution in [3.8, 4) is 0 Å². The summed E-state index contributed by atoms with van der Waals surface area (Å²) < 4.78 is 1.82. The maximum Gasteiger partial charge on any atom is 0.225 e. The molecular formula is C18H26N6O2. The van der Waals surface area contributed by atoms with Crippen molar-refractivity contribution in [3.05, 3.63) is 36.4 Å². The summed E-state index contributed by atoms with van der Waals surface area (Å²) in [5.41, 5.74) is 0.0774. The minimum atomic E-state index is -0.955. The molecule has 0 spiro atoms. The van der Waals surface area contributed by atoms with Crippen LogP contribution in [0, 0.1) is 6.92 Å². The summed E-state index contributed by atoms with van der Waals surface area (Å²) >= 11 is 0. The lowest BCUT2D eigenvalue weighted by Gasteiger charge is -2.41. The van der Waals surface area contributed by atoms with E-state index in [9.17, 15) is 9.90 Å². The van der Waals surface area contributed by atoms with E-state index in [0.717, 1.165) is 18.7 Å². The normalized spacial score (nSPS) is 20.2. The van der Waals surface area contributed by atoms with Gasteiger partial charge in [0.25, 0.3) is 0 Å². The van der Waals surface area contributed by atoms with Gasteiger partial charge in [-0.05, 0) is 31.9 Å². The number of likely N-dealkylation sites (N-methyl/N-ethyl adjacent to an activating group) is 1. The van der Waals surface area contributed by atoms with E-state index in [4.69, 9.17) is 0 Å². The molecule has 0 unspecified atom stereocenters. The summed E-state index contributed by atoms with van der Waals surface area (Å²) in [6.45, 7) is 4.04. The molecule has 2 aromatic heterocycles. The van der Waals surface area contributed by atoms with Gasteiger partial charge in [-0.15, -0.1) is 0 Å². The lowest BCUT2D eigenvalue weighted by Crippen LogP contribution is -2.55. The third-order valence-corrected chi connectivity index (χ3v) is 4.81. The van der Waals surface area contributed by atoms with Crippen LogP contribution in [0.1, 0.15) is 25.0 Å². The van der Waals surface area contributed by atoms with Crippen molar-refractivity contribution in [2.75, 3.05) is 31.6 Å². The van der Waals surface area contributed by atoms with Gasteiger partial charge in [-0.3, -0.25) is 9.48 Å². The number of nitrogens with zero attached hydrogens (tertiary/aromatic N) is 6. The Hall–Kier alpha value is -2.48. The first kappa shape index (κ1) is 18.3. The topological polar surface area (TPSA) is 87.4 Å². The van der Waals surface area contributed by atoms with Crippen LogP contribution >= 0.6 is 0 Å². The van der Waals surface area contributed by atoms with E-state index in [1.54, 1.807) is 36.6 Å². The Balaban J connectivity index is 1.56. The predicted octanol–water partition coefficient (Wildman–Crippen LogP) is 0.862. The molecule has 0 saturated carbocycles. The molecule has 1 amide bonds. The van der Waals surface area contributed by atoms with Gasteiger partial charge in [0.1, 0.15) is 0 Å². The molecule has 1 saturated heterocycles. The molecule has 1 aliphatic heterocycles. The standard InChI is InChI=1S/C18H26N6O2/c1-15-5-10-21-24(15)12-6-16(25)22(2)13-18(26)7-3-11-23(14-18)17-19-8-4-9-20-17/h4-5,8-10,26H,3,6-7,11-14H2,1-2H3/t18-/m0/s1. The van der Waals surface area contributed by atoms with Crippen LogP contribution < -0.4 is 4.90 Å². The number of aliphatic hydroxyl groups is 1. The maximum atomic E-state index is 12.5. The number of carbonyl (C=O) groups excluding carboxylic acids is 1. The van der Waals surface area contributed by atoms with E-state index in [0.29, 0.717) is 38.4 Å². The van der Waals surface area contributed by atoms with E-state index in [-0.39, 0.29) is 5.91 Å². The minimum Gasteiger partial charge on any atom is -0.386 e. The van der Waals surface area contributed by atoms with Crippen LogP contribution in [0.25, 0.3) is 0 Å². The van der Waals surface area contributed by atoms with Crippen molar-refractivity contribution >= 4 is 11.9 Å². The Bertz CT molecular complexity index is 734. The SMILES string of the molecule is Cc1ccnn1CCC(=O)N(C)C[C@@]1(O)CCCN(c2ncccn2)C1. The maximum absolute atomic E-state index is 12.5. The Morgan fingerprint density at radius 2 is 2.12 bits per heavy atom. The quantitative estimate of drug-likeness (QED) is 0.824. The second-order valence-corrected chi connectivity index (χ2v) is 6.99. The minimum absolute atomic E-state index is 0.00131. The van der Waals surface area contributed by atoms with Gasteiger partial charge in [0.2, 0.25) is 11.9 Å². The first-order chi connectivity index (χ1) is 12.5. The van der Waals surface area contributed by atoms with Crippen LogP contribution in [0.4, 0.5) is 5.95 Å². The molecule has 26 heavy (non-hydrogen) atoms. The zero-order chi connectivity index (χ0) is 18.6. The Kier molecular flexibility index (Phi) is 5.51. The summed E-state index contributed by atoms with van der Waals surface area (Å²) in [6, 6.07) is 3.69. The van der Waals surface area contributed by atoms with Gasteiger partial charge in [-0.25, -0.2) is 9.97 Å². The Labute approximate surface area is 153 Å². The molecular weight excluding hydrogens is 332 g/mol.